The zero-order valence-corrected chi connectivity index (χ0v) is 25.6. The minimum absolute atomic E-state index is 0.455. The van der Waals surface area contributed by atoms with Crippen molar-refractivity contribution < 1.29 is 8.83 Å². The second-order valence-electron chi connectivity index (χ2n) is 12.1. The molecule has 0 radical (unpaired) electrons. The smallest absolute Gasteiger partial charge is 0.159 e. The lowest BCUT2D eigenvalue weighted by molar-refractivity contribution is 0.661. The number of benzene rings is 6. The highest BCUT2D eigenvalue weighted by atomic mass is 16.3. The van der Waals surface area contributed by atoms with Crippen molar-refractivity contribution in [3.8, 4) is 11.1 Å². The van der Waals surface area contributed by atoms with Crippen LogP contribution in [0.2, 0.25) is 0 Å². The molecule has 0 spiro atoms. The first-order valence-corrected chi connectivity index (χ1v) is 16.0. The number of fused-ring (bicyclic) bond motifs is 7. The summed E-state index contributed by atoms with van der Waals surface area (Å²) < 4.78 is 12.5. The zero-order valence-electron chi connectivity index (χ0n) is 25.6. The molecular formula is C42H26N4O2. The van der Waals surface area contributed by atoms with Crippen molar-refractivity contribution >= 4 is 66.3 Å². The number of nitrogens with zero attached hydrogens (tertiary/aromatic N) is 3. The van der Waals surface area contributed by atoms with Gasteiger partial charge in [-0.15, -0.1) is 0 Å². The van der Waals surface area contributed by atoms with Crippen molar-refractivity contribution in [3.63, 3.8) is 0 Å². The maximum absolute atomic E-state index is 6.26. The number of pyridine rings is 1. The molecule has 10 rings (SSSR count). The third kappa shape index (κ3) is 4.23. The number of hydrogen-bond acceptors (Lipinski definition) is 6. The van der Waals surface area contributed by atoms with Gasteiger partial charge in [0.1, 0.15) is 34.2 Å². The molecule has 1 aliphatic rings. The Labute approximate surface area is 274 Å². The van der Waals surface area contributed by atoms with E-state index in [-0.39, 0.29) is 0 Å². The molecule has 1 N–H and O–H groups in total. The Hall–Kier alpha value is -6.53. The molecule has 6 nitrogen and oxygen atoms in total. The molecule has 0 saturated carbocycles. The molecule has 3 aromatic heterocycles. The monoisotopic (exact) mass is 618 g/mol. The number of para-hydroxylation sites is 2. The van der Waals surface area contributed by atoms with Crippen LogP contribution in [0.5, 0.6) is 0 Å². The van der Waals surface area contributed by atoms with Crippen molar-refractivity contribution in [2.45, 2.75) is 6.17 Å². The van der Waals surface area contributed by atoms with Crippen molar-refractivity contribution in [2.75, 3.05) is 0 Å². The molecule has 48 heavy (non-hydrogen) atoms. The fourth-order valence-corrected chi connectivity index (χ4v) is 6.93. The Morgan fingerprint density at radius 2 is 1.17 bits per heavy atom. The standard InChI is InChI=1S/C42H26N4O2/c1-2-9-25(10-3-1)26-17-18-28-24-29(20-19-27(28)23-26)40-44-41(32-13-8-16-35-37(32)30-11-4-6-14-33(30)47-35)46-42(45-40)39-38-31-12-5-7-15-34(31)48-36(38)21-22-43-39/h1-24,41H,(H,44,45,46). The Morgan fingerprint density at radius 1 is 0.521 bits per heavy atom. The first kappa shape index (κ1) is 26.7. The van der Waals surface area contributed by atoms with Gasteiger partial charge in [0.15, 0.2) is 11.7 Å². The normalized spacial score (nSPS) is 14.9. The van der Waals surface area contributed by atoms with Crippen LogP contribution < -0.4 is 5.32 Å². The predicted octanol–water partition coefficient (Wildman–Crippen LogP) is 10.2. The lowest BCUT2D eigenvalue weighted by Crippen LogP contribution is -2.34. The van der Waals surface area contributed by atoms with Crippen molar-refractivity contribution in [2.24, 2.45) is 9.98 Å². The summed E-state index contributed by atoms with van der Waals surface area (Å²) in [7, 11) is 0. The zero-order chi connectivity index (χ0) is 31.6. The highest BCUT2D eigenvalue weighted by Gasteiger charge is 2.27. The van der Waals surface area contributed by atoms with Crippen LogP contribution in [0.4, 0.5) is 0 Å². The summed E-state index contributed by atoms with van der Waals surface area (Å²) >= 11 is 0. The molecule has 6 aromatic carbocycles. The summed E-state index contributed by atoms with van der Waals surface area (Å²) in [5, 5.41) is 9.91. The molecule has 226 valence electrons. The van der Waals surface area contributed by atoms with E-state index in [2.05, 4.69) is 84.2 Å². The summed E-state index contributed by atoms with van der Waals surface area (Å²) in [6.45, 7) is 0. The van der Waals surface area contributed by atoms with Crippen LogP contribution in [0.25, 0.3) is 65.8 Å². The van der Waals surface area contributed by atoms with E-state index in [1.165, 1.54) is 11.1 Å². The van der Waals surface area contributed by atoms with Crippen LogP contribution in [0.3, 0.4) is 0 Å². The third-order valence-electron chi connectivity index (χ3n) is 9.19. The van der Waals surface area contributed by atoms with Crippen LogP contribution in [0.15, 0.2) is 165 Å². The number of amidine groups is 2. The first-order chi connectivity index (χ1) is 23.8. The number of hydrogen-bond donors (Lipinski definition) is 1. The van der Waals surface area contributed by atoms with Crippen LogP contribution in [0, 0.1) is 0 Å². The molecule has 0 aliphatic carbocycles. The highest BCUT2D eigenvalue weighted by molar-refractivity contribution is 6.21. The van der Waals surface area contributed by atoms with Crippen LogP contribution >= 0.6 is 0 Å². The van der Waals surface area contributed by atoms with E-state index in [9.17, 15) is 0 Å². The van der Waals surface area contributed by atoms with E-state index in [0.29, 0.717) is 17.4 Å². The Morgan fingerprint density at radius 3 is 1.96 bits per heavy atom. The van der Waals surface area contributed by atoms with Crippen molar-refractivity contribution in [1.82, 2.24) is 10.3 Å². The average Bonchev–Trinajstić information content (AvgIpc) is 3.73. The van der Waals surface area contributed by atoms with Gasteiger partial charge in [-0.25, -0.2) is 9.98 Å². The van der Waals surface area contributed by atoms with Crippen molar-refractivity contribution in [3.05, 3.63) is 163 Å². The number of aliphatic imine (C=N–C) groups is 2. The van der Waals surface area contributed by atoms with E-state index in [4.69, 9.17) is 23.8 Å². The molecule has 1 unspecified atom stereocenters. The SMILES string of the molecule is c1ccc(-c2ccc3cc(C4=NC(c5cccc6oc7ccccc7c56)NC(c5nccc6oc7ccccc7c56)=N4)ccc3c2)cc1. The summed E-state index contributed by atoms with van der Waals surface area (Å²) in [5.74, 6) is 1.26. The van der Waals surface area contributed by atoms with Gasteiger partial charge in [-0.2, -0.15) is 0 Å². The fourth-order valence-electron chi connectivity index (χ4n) is 6.93. The van der Waals surface area contributed by atoms with Gasteiger partial charge in [0, 0.05) is 33.5 Å². The molecule has 1 aliphatic heterocycles. The quantitative estimate of drug-likeness (QED) is 0.213. The molecule has 4 heterocycles. The molecule has 0 amide bonds. The Kier molecular flexibility index (Phi) is 5.84. The molecule has 9 aromatic rings. The van der Waals surface area contributed by atoms with E-state index in [1.807, 2.05) is 60.7 Å². The molecular weight excluding hydrogens is 592 g/mol. The lowest BCUT2D eigenvalue weighted by atomic mass is 9.99. The molecule has 1 atom stereocenters. The third-order valence-corrected chi connectivity index (χ3v) is 9.19. The fraction of sp³-hybridized carbons (Fsp3) is 0.0238. The van der Waals surface area contributed by atoms with Gasteiger partial charge in [-0.05, 0) is 58.3 Å². The second-order valence-corrected chi connectivity index (χ2v) is 12.1. The summed E-state index contributed by atoms with van der Waals surface area (Å²) in [6.07, 6.45) is 1.32. The van der Waals surface area contributed by atoms with Gasteiger partial charge < -0.3 is 14.2 Å². The summed E-state index contributed by atoms with van der Waals surface area (Å²) in [4.78, 5) is 15.3. The van der Waals surface area contributed by atoms with E-state index < -0.39 is 6.17 Å². The molecule has 6 heteroatoms. The van der Waals surface area contributed by atoms with Gasteiger partial charge in [0.25, 0.3) is 0 Å². The lowest BCUT2D eigenvalue weighted by Gasteiger charge is -2.24. The summed E-state index contributed by atoms with van der Waals surface area (Å²) in [6, 6.07) is 47.7. The van der Waals surface area contributed by atoms with Gasteiger partial charge in [-0.3, -0.25) is 4.98 Å². The number of furan rings is 2. The van der Waals surface area contributed by atoms with Gasteiger partial charge in [0.2, 0.25) is 0 Å². The highest BCUT2D eigenvalue weighted by Crippen LogP contribution is 2.37. The second kappa shape index (κ2) is 10.5. The first-order valence-electron chi connectivity index (χ1n) is 16.0. The average molecular weight is 619 g/mol. The van der Waals surface area contributed by atoms with Crippen LogP contribution in [-0.2, 0) is 0 Å². The Balaban J connectivity index is 1.17. The molecule has 0 bridgehead atoms. The molecule has 0 fully saturated rings. The van der Waals surface area contributed by atoms with Crippen LogP contribution in [-0.4, -0.2) is 16.7 Å². The van der Waals surface area contributed by atoms with Gasteiger partial charge in [-0.1, -0.05) is 103 Å². The number of rotatable bonds is 4. The van der Waals surface area contributed by atoms with E-state index >= 15 is 0 Å². The van der Waals surface area contributed by atoms with E-state index in [0.717, 1.165) is 65.8 Å². The maximum Gasteiger partial charge on any atom is 0.159 e. The number of aromatic nitrogens is 1. The predicted molar refractivity (Wildman–Crippen MR) is 194 cm³/mol. The van der Waals surface area contributed by atoms with Gasteiger partial charge >= 0.3 is 0 Å². The number of nitrogens with one attached hydrogen (secondary N) is 1. The Bertz CT molecular complexity index is 2770. The van der Waals surface area contributed by atoms with Crippen LogP contribution in [0.1, 0.15) is 23.0 Å². The van der Waals surface area contributed by atoms with Gasteiger partial charge in [0.05, 0.1) is 5.39 Å². The summed E-state index contributed by atoms with van der Waals surface area (Å²) in [5.41, 5.74) is 8.24. The molecule has 0 saturated heterocycles. The van der Waals surface area contributed by atoms with Crippen molar-refractivity contribution in [1.29, 1.82) is 0 Å². The van der Waals surface area contributed by atoms with E-state index in [1.54, 1.807) is 6.20 Å². The maximum atomic E-state index is 6.26. The largest absolute Gasteiger partial charge is 0.456 e. The minimum atomic E-state index is -0.455. The minimum Gasteiger partial charge on any atom is -0.456 e. The topological polar surface area (TPSA) is 75.9 Å².